The van der Waals surface area contributed by atoms with Crippen LogP contribution in [-0.2, 0) is 14.9 Å². The molecule has 0 unspecified atom stereocenters. The molecule has 7 heteroatoms. The van der Waals surface area contributed by atoms with Crippen molar-refractivity contribution >= 4 is 38.9 Å². The SMILES string of the molecule is CC(C)(C)c1ccc(OC(=O)c2ccc([Si](C)(C)O[Si](C)(C)c3ccc(C(=O)Oc4ccc(C(C)(C)C)cc4)cc3)cc2)cc1. The maximum absolute atomic E-state index is 12.8. The van der Waals surface area contributed by atoms with Gasteiger partial charge in [0.25, 0.3) is 0 Å². The molecule has 0 aromatic heterocycles. The van der Waals surface area contributed by atoms with Crippen molar-refractivity contribution in [2.24, 2.45) is 0 Å². The quantitative estimate of drug-likeness (QED) is 0.110. The Morgan fingerprint density at radius 2 is 0.756 bits per heavy atom. The molecule has 0 aliphatic heterocycles. The van der Waals surface area contributed by atoms with Gasteiger partial charge in [0, 0.05) is 0 Å². The van der Waals surface area contributed by atoms with Crippen LogP contribution in [0.5, 0.6) is 11.5 Å². The van der Waals surface area contributed by atoms with E-state index in [9.17, 15) is 9.59 Å². The molecule has 0 aliphatic rings. The molecule has 45 heavy (non-hydrogen) atoms. The molecule has 0 radical (unpaired) electrons. The van der Waals surface area contributed by atoms with Crippen molar-refractivity contribution in [3.63, 3.8) is 0 Å². The van der Waals surface area contributed by atoms with Crippen LogP contribution in [0.25, 0.3) is 0 Å². The van der Waals surface area contributed by atoms with Crippen molar-refractivity contribution in [3.8, 4) is 11.5 Å². The third-order valence-electron chi connectivity index (χ3n) is 8.00. The highest BCUT2D eigenvalue weighted by Gasteiger charge is 2.36. The van der Waals surface area contributed by atoms with Gasteiger partial charge < -0.3 is 13.6 Å². The lowest BCUT2D eigenvalue weighted by molar-refractivity contribution is 0.0725. The number of rotatable bonds is 8. The van der Waals surface area contributed by atoms with Crippen LogP contribution in [0.4, 0.5) is 0 Å². The third-order valence-corrected chi connectivity index (χ3v) is 15.5. The Balaban J connectivity index is 1.38. The van der Waals surface area contributed by atoms with Crippen LogP contribution in [0.2, 0.25) is 26.2 Å². The number of hydrogen-bond acceptors (Lipinski definition) is 5. The molecule has 0 heterocycles. The van der Waals surface area contributed by atoms with Crippen LogP contribution in [0.3, 0.4) is 0 Å². The lowest BCUT2D eigenvalue weighted by Gasteiger charge is -2.34. The highest BCUT2D eigenvalue weighted by atomic mass is 28.4. The van der Waals surface area contributed by atoms with Crippen molar-refractivity contribution in [2.45, 2.75) is 78.6 Å². The van der Waals surface area contributed by atoms with Crippen LogP contribution in [0.1, 0.15) is 73.4 Å². The molecule has 0 amide bonds. The molecule has 0 bridgehead atoms. The molecule has 0 saturated carbocycles. The van der Waals surface area contributed by atoms with Gasteiger partial charge in [0.2, 0.25) is 16.6 Å². The van der Waals surface area contributed by atoms with Crippen LogP contribution < -0.4 is 19.8 Å². The van der Waals surface area contributed by atoms with E-state index in [4.69, 9.17) is 13.6 Å². The smallest absolute Gasteiger partial charge is 0.343 e. The maximum Gasteiger partial charge on any atom is 0.343 e. The molecule has 236 valence electrons. The highest BCUT2D eigenvalue weighted by molar-refractivity contribution is 6.96. The summed E-state index contributed by atoms with van der Waals surface area (Å²) in [7, 11) is -4.68. The minimum atomic E-state index is -2.34. The van der Waals surface area contributed by atoms with Crippen LogP contribution in [0.15, 0.2) is 97.1 Å². The molecule has 0 aliphatic carbocycles. The van der Waals surface area contributed by atoms with E-state index < -0.39 is 16.6 Å². The van der Waals surface area contributed by atoms with Crippen molar-refractivity contribution in [1.82, 2.24) is 0 Å². The maximum atomic E-state index is 12.8. The number of esters is 2. The molecular formula is C38H46O5Si2. The van der Waals surface area contributed by atoms with Crippen molar-refractivity contribution in [1.29, 1.82) is 0 Å². The van der Waals surface area contributed by atoms with E-state index in [1.54, 1.807) is 0 Å². The van der Waals surface area contributed by atoms with Gasteiger partial charge in [-0.1, -0.05) is 90.1 Å². The molecular weight excluding hydrogens is 593 g/mol. The van der Waals surface area contributed by atoms with Crippen LogP contribution in [0, 0.1) is 0 Å². The summed E-state index contributed by atoms with van der Waals surface area (Å²) in [6.07, 6.45) is 0. The Morgan fingerprint density at radius 1 is 0.467 bits per heavy atom. The molecule has 0 N–H and O–H groups in total. The average Bonchev–Trinajstić information content (AvgIpc) is 2.96. The Hall–Kier alpha value is -3.79. The highest BCUT2D eigenvalue weighted by Crippen LogP contribution is 2.26. The fourth-order valence-corrected chi connectivity index (χ4v) is 13.1. The van der Waals surface area contributed by atoms with Crippen LogP contribution in [-0.4, -0.2) is 28.6 Å². The zero-order valence-electron chi connectivity index (χ0n) is 28.3. The lowest BCUT2D eigenvalue weighted by atomic mass is 9.87. The molecule has 4 aromatic carbocycles. The predicted molar refractivity (Wildman–Crippen MR) is 188 cm³/mol. The molecule has 0 atom stereocenters. The van der Waals surface area contributed by atoms with Crippen molar-refractivity contribution in [3.05, 3.63) is 119 Å². The summed E-state index contributed by atoms with van der Waals surface area (Å²) in [5.41, 5.74) is 3.42. The minimum absolute atomic E-state index is 0.0335. The van der Waals surface area contributed by atoms with Gasteiger partial charge >= 0.3 is 11.9 Å². The number of carbonyl (C=O) groups excluding carboxylic acids is 2. The topological polar surface area (TPSA) is 61.8 Å². The summed E-state index contributed by atoms with van der Waals surface area (Å²) >= 11 is 0. The first-order valence-electron chi connectivity index (χ1n) is 15.4. The fraction of sp³-hybridized carbons (Fsp3) is 0.316. The standard InChI is InChI=1S/C38H46O5Si2/c1-37(2,3)29-15-19-31(20-16-29)41-35(39)27-11-23-33(24-12-27)44(7,8)43-45(9,10)34-25-13-28(14-26-34)36(40)42-32-21-17-30(18-22-32)38(4,5)6/h11-26H,1-10H3. The molecule has 5 nitrogen and oxygen atoms in total. The van der Waals surface area contributed by atoms with Crippen LogP contribution >= 0.6 is 0 Å². The summed E-state index contributed by atoms with van der Waals surface area (Å²) in [4.78, 5) is 25.7. The summed E-state index contributed by atoms with van der Waals surface area (Å²) in [6.45, 7) is 21.6. The van der Waals surface area contributed by atoms with Gasteiger partial charge in [0.05, 0.1) is 11.1 Å². The number of ether oxygens (including phenoxy) is 2. The summed E-state index contributed by atoms with van der Waals surface area (Å²) in [6, 6.07) is 30.5. The Labute approximate surface area is 270 Å². The van der Waals surface area contributed by atoms with E-state index in [1.807, 2.05) is 97.1 Å². The third kappa shape index (κ3) is 8.69. The van der Waals surface area contributed by atoms with Gasteiger partial charge in [-0.3, -0.25) is 0 Å². The average molecular weight is 639 g/mol. The monoisotopic (exact) mass is 638 g/mol. The Morgan fingerprint density at radius 3 is 1.02 bits per heavy atom. The predicted octanol–water partition coefficient (Wildman–Crippen LogP) is 8.26. The first kappa shape index (κ1) is 34.1. The number of carbonyl (C=O) groups is 2. The second-order valence-corrected chi connectivity index (χ2v) is 22.6. The van der Waals surface area contributed by atoms with E-state index >= 15 is 0 Å². The van der Waals surface area contributed by atoms with E-state index in [2.05, 4.69) is 67.7 Å². The van der Waals surface area contributed by atoms with Gasteiger partial charge in [0.15, 0.2) is 0 Å². The van der Waals surface area contributed by atoms with E-state index in [0.717, 1.165) is 10.4 Å². The second kappa shape index (κ2) is 12.9. The first-order valence-corrected chi connectivity index (χ1v) is 21.2. The molecule has 4 rings (SSSR count). The molecule has 0 saturated heterocycles. The molecule has 0 fully saturated rings. The van der Waals surface area contributed by atoms with Crippen molar-refractivity contribution in [2.75, 3.05) is 0 Å². The minimum Gasteiger partial charge on any atom is -0.449 e. The zero-order chi connectivity index (χ0) is 33.2. The number of hydrogen-bond donors (Lipinski definition) is 0. The van der Waals surface area contributed by atoms with E-state index in [0.29, 0.717) is 22.6 Å². The summed E-state index contributed by atoms with van der Waals surface area (Å²) < 4.78 is 18.2. The summed E-state index contributed by atoms with van der Waals surface area (Å²) in [5.74, 6) is 0.273. The van der Waals surface area contributed by atoms with Gasteiger partial charge in [-0.05, 0) is 107 Å². The number of benzene rings is 4. The Kier molecular flexibility index (Phi) is 9.78. The fourth-order valence-electron chi connectivity index (χ4n) is 5.15. The van der Waals surface area contributed by atoms with E-state index in [1.165, 1.54) is 11.1 Å². The zero-order valence-corrected chi connectivity index (χ0v) is 30.3. The van der Waals surface area contributed by atoms with Gasteiger partial charge in [0.1, 0.15) is 11.5 Å². The van der Waals surface area contributed by atoms with Gasteiger partial charge in [-0.2, -0.15) is 0 Å². The van der Waals surface area contributed by atoms with Gasteiger partial charge in [-0.25, -0.2) is 9.59 Å². The normalized spacial score (nSPS) is 12.5. The summed E-state index contributed by atoms with van der Waals surface area (Å²) in [5, 5.41) is 2.18. The van der Waals surface area contributed by atoms with E-state index in [-0.39, 0.29) is 22.8 Å². The Bertz CT molecular complexity index is 1500. The first-order chi connectivity index (χ1) is 20.8. The van der Waals surface area contributed by atoms with Gasteiger partial charge in [-0.15, -0.1) is 0 Å². The molecule has 0 spiro atoms. The van der Waals surface area contributed by atoms with Crippen molar-refractivity contribution < 1.29 is 23.2 Å². The lowest BCUT2D eigenvalue weighted by Crippen LogP contribution is -2.57. The largest absolute Gasteiger partial charge is 0.449 e. The second-order valence-electron chi connectivity index (χ2n) is 14.6. The molecule has 4 aromatic rings.